The van der Waals surface area contributed by atoms with Crippen LogP contribution in [-0.4, -0.2) is 36.5 Å². The lowest BCUT2D eigenvalue weighted by Crippen LogP contribution is -2.30. The number of methoxy groups -OCH3 is 1. The summed E-state index contributed by atoms with van der Waals surface area (Å²) in [6.07, 6.45) is 2.76. The number of carboxylic acids is 1. The second-order valence-corrected chi connectivity index (χ2v) is 5.96. The number of thioether (sulfide) groups is 1. The van der Waals surface area contributed by atoms with Crippen molar-refractivity contribution in [3.05, 3.63) is 29.8 Å². The molecule has 1 rings (SSSR count). The lowest BCUT2D eigenvalue weighted by atomic mass is 10.0. The van der Waals surface area contributed by atoms with Gasteiger partial charge < -0.3 is 15.2 Å². The van der Waals surface area contributed by atoms with Crippen molar-refractivity contribution in [3.8, 4) is 0 Å². The number of benzene rings is 1. The average molecular weight is 325 g/mol. The second kappa shape index (κ2) is 9.48. The summed E-state index contributed by atoms with van der Waals surface area (Å²) >= 11 is 1.61. The number of hydrogen-bond acceptors (Lipinski definition) is 4. The van der Waals surface area contributed by atoms with Crippen LogP contribution in [0.2, 0.25) is 0 Å². The Balaban J connectivity index is 2.71. The van der Waals surface area contributed by atoms with Crippen molar-refractivity contribution in [1.29, 1.82) is 0 Å². The summed E-state index contributed by atoms with van der Waals surface area (Å²) in [5.41, 5.74) is 0.799. The number of nitrogens with one attached hydrogen (secondary N) is 1. The molecule has 0 aromatic heterocycles. The minimum Gasteiger partial charge on any atom is -0.481 e. The molecule has 0 aliphatic heterocycles. The van der Waals surface area contributed by atoms with E-state index in [0.29, 0.717) is 12.8 Å². The summed E-state index contributed by atoms with van der Waals surface area (Å²) in [4.78, 5) is 24.1. The predicted octanol–water partition coefficient (Wildman–Crippen LogP) is 2.86. The summed E-state index contributed by atoms with van der Waals surface area (Å²) in [7, 11) is 1.60. The maximum absolute atomic E-state index is 12.0. The first-order valence-electron chi connectivity index (χ1n) is 7.14. The molecule has 0 heterocycles. The third-order valence-corrected chi connectivity index (χ3v) is 4.16. The fourth-order valence-electron chi connectivity index (χ4n) is 1.98. The molecule has 0 saturated carbocycles. The number of carbonyl (C=O) groups is 2. The number of carbonyl (C=O) groups excluding carboxylic acids is 1. The Hall–Kier alpha value is -1.53. The largest absolute Gasteiger partial charge is 0.481 e. The first-order valence-corrected chi connectivity index (χ1v) is 8.36. The van der Waals surface area contributed by atoms with Gasteiger partial charge in [0.15, 0.2) is 0 Å². The van der Waals surface area contributed by atoms with Crippen molar-refractivity contribution in [2.75, 3.05) is 13.4 Å². The quantitative estimate of drug-likeness (QED) is 0.683. The third-order valence-electron chi connectivity index (χ3n) is 3.41. The highest BCUT2D eigenvalue weighted by atomic mass is 32.2. The maximum atomic E-state index is 12.0. The van der Waals surface area contributed by atoms with Crippen molar-refractivity contribution in [2.45, 2.75) is 43.2 Å². The van der Waals surface area contributed by atoms with Crippen molar-refractivity contribution >= 4 is 23.6 Å². The van der Waals surface area contributed by atoms with Gasteiger partial charge in [0.05, 0.1) is 18.6 Å². The highest BCUT2D eigenvalue weighted by Gasteiger charge is 2.18. The van der Waals surface area contributed by atoms with E-state index in [2.05, 4.69) is 5.32 Å². The van der Waals surface area contributed by atoms with Gasteiger partial charge in [-0.15, -0.1) is 11.8 Å². The lowest BCUT2D eigenvalue weighted by Gasteiger charge is -2.18. The Morgan fingerprint density at radius 1 is 1.32 bits per heavy atom. The summed E-state index contributed by atoms with van der Waals surface area (Å²) in [6, 6.07) is 7.05. The van der Waals surface area contributed by atoms with Gasteiger partial charge in [0.25, 0.3) is 0 Å². The molecule has 122 valence electrons. The van der Waals surface area contributed by atoms with E-state index < -0.39 is 12.0 Å². The van der Waals surface area contributed by atoms with E-state index in [9.17, 15) is 9.59 Å². The minimum absolute atomic E-state index is 0.00420. The smallest absolute Gasteiger partial charge is 0.305 e. The fourth-order valence-corrected chi connectivity index (χ4v) is 2.39. The first-order chi connectivity index (χ1) is 10.5. The molecular formula is C16H23NO4S. The molecule has 22 heavy (non-hydrogen) atoms. The van der Waals surface area contributed by atoms with Crippen LogP contribution in [0.4, 0.5) is 0 Å². The van der Waals surface area contributed by atoms with E-state index in [0.717, 1.165) is 10.5 Å². The monoisotopic (exact) mass is 325 g/mol. The Bertz CT molecular complexity index is 489. The molecule has 1 aromatic rings. The molecule has 1 amide bonds. The molecule has 0 spiro atoms. The van der Waals surface area contributed by atoms with Crippen LogP contribution in [0.3, 0.4) is 0 Å². The van der Waals surface area contributed by atoms with E-state index in [1.807, 2.05) is 37.4 Å². The average Bonchev–Trinajstić information content (AvgIpc) is 2.51. The van der Waals surface area contributed by atoms with Crippen LogP contribution < -0.4 is 5.32 Å². The SMILES string of the molecule is COC(C)CCC(=O)NC(CC(=O)O)c1ccc(SC)cc1. The van der Waals surface area contributed by atoms with Gasteiger partial charge in [0.2, 0.25) is 5.91 Å². The van der Waals surface area contributed by atoms with Crippen LogP contribution in [0.25, 0.3) is 0 Å². The van der Waals surface area contributed by atoms with Gasteiger partial charge in [-0.25, -0.2) is 0 Å². The summed E-state index contributed by atoms with van der Waals surface area (Å²) in [5.74, 6) is -1.10. The molecule has 0 aliphatic carbocycles. The van der Waals surface area contributed by atoms with Gasteiger partial charge in [0, 0.05) is 18.4 Å². The molecule has 0 bridgehead atoms. The fraction of sp³-hybridized carbons (Fsp3) is 0.500. The molecule has 0 fully saturated rings. The maximum Gasteiger partial charge on any atom is 0.305 e. The number of amides is 1. The second-order valence-electron chi connectivity index (χ2n) is 5.08. The predicted molar refractivity (Wildman–Crippen MR) is 87.1 cm³/mol. The highest BCUT2D eigenvalue weighted by molar-refractivity contribution is 7.98. The van der Waals surface area contributed by atoms with Gasteiger partial charge in [-0.2, -0.15) is 0 Å². The van der Waals surface area contributed by atoms with Crippen molar-refractivity contribution in [3.63, 3.8) is 0 Å². The van der Waals surface area contributed by atoms with Gasteiger partial charge in [-0.1, -0.05) is 12.1 Å². The number of hydrogen-bond donors (Lipinski definition) is 2. The zero-order valence-corrected chi connectivity index (χ0v) is 14.0. The summed E-state index contributed by atoms with van der Waals surface area (Å²) in [6.45, 7) is 1.89. The molecule has 5 nitrogen and oxygen atoms in total. The highest BCUT2D eigenvalue weighted by Crippen LogP contribution is 2.21. The van der Waals surface area contributed by atoms with E-state index in [1.54, 1.807) is 18.9 Å². The molecule has 0 aliphatic rings. The van der Waals surface area contributed by atoms with E-state index >= 15 is 0 Å². The topological polar surface area (TPSA) is 75.6 Å². The van der Waals surface area contributed by atoms with E-state index in [1.165, 1.54) is 0 Å². The Morgan fingerprint density at radius 2 is 1.95 bits per heavy atom. The molecule has 6 heteroatoms. The normalized spacial score (nSPS) is 13.4. The molecule has 2 unspecified atom stereocenters. The van der Waals surface area contributed by atoms with Crippen LogP contribution >= 0.6 is 11.8 Å². The molecule has 0 radical (unpaired) electrons. The van der Waals surface area contributed by atoms with E-state index in [-0.39, 0.29) is 18.4 Å². The van der Waals surface area contributed by atoms with Crippen LogP contribution in [0.5, 0.6) is 0 Å². The minimum atomic E-state index is -0.940. The Kier molecular flexibility index (Phi) is 7.98. The summed E-state index contributed by atoms with van der Waals surface area (Å²) in [5, 5.41) is 11.8. The van der Waals surface area contributed by atoms with Crippen molar-refractivity contribution in [2.24, 2.45) is 0 Å². The van der Waals surface area contributed by atoms with Gasteiger partial charge in [-0.3, -0.25) is 9.59 Å². The molecule has 2 N–H and O–H groups in total. The standard InChI is InChI=1S/C16H23NO4S/c1-11(21-2)4-9-15(18)17-14(10-16(19)20)12-5-7-13(22-3)8-6-12/h5-8,11,14H,4,9-10H2,1-3H3,(H,17,18)(H,19,20). The molecule has 2 atom stereocenters. The molecular weight excluding hydrogens is 302 g/mol. The zero-order valence-electron chi connectivity index (χ0n) is 13.2. The number of ether oxygens (including phenoxy) is 1. The van der Waals surface area contributed by atoms with Crippen LogP contribution in [0, 0.1) is 0 Å². The van der Waals surface area contributed by atoms with Crippen molar-refractivity contribution < 1.29 is 19.4 Å². The Morgan fingerprint density at radius 3 is 2.45 bits per heavy atom. The third kappa shape index (κ3) is 6.49. The number of rotatable bonds is 9. The van der Waals surface area contributed by atoms with Gasteiger partial charge in [-0.05, 0) is 37.3 Å². The Labute approximate surface area is 135 Å². The van der Waals surface area contributed by atoms with Crippen molar-refractivity contribution in [1.82, 2.24) is 5.32 Å². The molecule has 0 saturated heterocycles. The number of aliphatic carboxylic acids is 1. The van der Waals surface area contributed by atoms with Crippen LogP contribution in [-0.2, 0) is 14.3 Å². The summed E-state index contributed by atoms with van der Waals surface area (Å²) < 4.78 is 5.10. The van der Waals surface area contributed by atoms with Gasteiger partial charge in [0.1, 0.15) is 0 Å². The number of carboxylic acid groups (broad SMARTS) is 1. The molecule has 1 aromatic carbocycles. The van der Waals surface area contributed by atoms with Crippen LogP contribution in [0.1, 0.15) is 37.8 Å². The van der Waals surface area contributed by atoms with Gasteiger partial charge >= 0.3 is 5.97 Å². The van der Waals surface area contributed by atoms with Crippen LogP contribution in [0.15, 0.2) is 29.2 Å². The lowest BCUT2D eigenvalue weighted by molar-refractivity contribution is -0.137. The first kappa shape index (κ1) is 18.5. The van der Waals surface area contributed by atoms with E-state index in [4.69, 9.17) is 9.84 Å². The zero-order chi connectivity index (χ0) is 16.5.